The summed E-state index contributed by atoms with van der Waals surface area (Å²) in [6.07, 6.45) is 6.08. The number of hydrogen-bond donors (Lipinski definition) is 1. The quantitative estimate of drug-likeness (QED) is 0.897. The Hall–Kier alpha value is -1.36. The van der Waals surface area contributed by atoms with Crippen LogP contribution in [0.2, 0.25) is 0 Å². The van der Waals surface area contributed by atoms with Gasteiger partial charge in [0.05, 0.1) is 11.6 Å². The van der Waals surface area contributed by atoms with Crippen LogP contribution in [0.4, 0.5) is 0 Å². The molecule has 0 aliphatic carbocycles. The molecule has 0 aromatic carbocycles. The SMILES string of the molecule is CCC(C)n1ccc(CN2C3CCC2C(C(=O)O)C3)n1. The molecule has 4 atom stereocenters. The van der Waals surface area contributed by atoms with E-state index in [9.17, 15) is 9.90 Å². The van der Waals surface area contributed by atoms with Crippen LogP contribution >= 0.6 is 0 Å². The Morgan fingerprint density at radius 2 is 2.35 bits per heavy atom. The van der Waals surface area contributed by atoms with Crippen LogP contribution in [-0.4, -0.2) is 37.8 Å². The number of aliphatic carboxylic acids is 1. The molecule has 110 valence electrons. The zero-order valence-corrected chi connectivity index (χ0v) is 12.2. The normalized spacial score (nSPS) is 30.8. The van der Waals surface area contributed by atoms with Gasteiger partial charge in [-0.05, 0) is 38.7 Å². The number of nitrogens with zero attached hydrogens (tertiary/aromatic N) is 3. The van der Waals surface area contributed by atoms with Gasteiger partial charge in [0, 0.05) is 30.9 Å². The van der Waals surface area contributed by atoms with E-state index in [1.54, 1.807) is 0 Å². The van der Waals surface area contributed by atoms with Gasteiger partial charge in [0.1, 0.15) is 0 Å². The van der Waals surface area contributed by atoms with Crippen molar-refractivity contribution in [1.29, 1.82) is 0 Å². The minimum Gasteiger partial charge on any atom is -0.481 e. The van der Waals surface area contributed by atoms with Crippen LogP contribution in [0.25, 0.3) is 0 Å². The van der Waals surface area contributed by atoms with Gasteiger partial charge in [-0.25, -0.2) is 0 Å². The lowest BCUT2D eigenvalue weighted by Gasteiger charge is -2.21. The van der Waals surface area contributed by atoms with Crippen molar-refractivity contribution in [1.82, 2.24) is 14.7 Å². The summed E-state index contributed by atoms with van der Waals surface area (Å²) in [5.41, 5.74) is 1.06. The van der Waals surface area contributed by atoms with Crippen LogP contribution in [-0.2, 0) is 11.3 Å². The van der Waals surface area contributed by atoms with E-state index in [2.05, 4.69) is 29.9 Å². The maximum Gasteiger partial charge on any atom is 0.308 e. The van der Waals surface area contributed by atoms with E-state index in [4.69, 9.17) is 0 Å². The molecule has 3 heterocycles. The van der Waals surface area contributed by atoms with Crippen molar-refractivity contribution >= 4 is 5.97 Å². The number of rotatable bonds is 5. The Kier molecular flexibility index (Phi) is 3.54. The summed E-state index contributed by atoms with van der Waals surface area (Å²) in [6, 6.07) is 3.14. The molecule has 4 unspecified atom stereocenters. The van der Waals surface area contributed by atoms with Gasteiger partial charge in [0.15, 0.2) is 0 Å². The molecule has 2 bridgehead atoms. The highest BCUT2D eigenvalue weighted by Crippen LogP contribution is 2.42. The predicted molar refractivity (Wildman–Crippen MR) is 75.3 cm³/mol. The van der Waals surface area contributed by atoms with E-state index in [0.29, 0.717) is 12.1 Å². The fourth-order valence-electron chi connectivity index (χ4n) is 3.69. The third kappa shape index (κ3) is 2.24. The molecule has 0 saturated carbocycles. The largest absolute Gasteiger partial charge is 0.481 e. The summed E-state index contributed by atoms with van der Waals surface area (Å²) in [4.78, 5) is 13.6. The third-order valence-corrected chi connectivity index (χ3v) is 5.05. The second-order valence-electron chi connectivity index (χ2n) is 6.20. The molecule has 2 aliphatic rings. The van der Waals surface area contributed by atoms with Crippen molar-refractivity contribution in [2.75, 3.05) is 0 Å². The van der Waals surface area contributed by atoms with Gasteiger partial charge < -0.3 is 5.11 Å². The van der Waals surface area contributed by atoms with E-state index >= 15 is 0 Å². The van der Waals surface area contributed by atoms with Gasteiger partial charge in [-0.2, -0.15) is 5.10 Å². The van der Waals surface area contributed by atoms with Crippen molar-refractivity contribution in [2.45, 2.75) is 64.2 Å². The minimum atomic E-state index is -0.632. The first-order valence-electron chi connectivity index (χ1n) is 7.62. The maximum absolute atomic E-state index is 11.3. The summed E-state index contributed by atoms with van der Waals surface area (Å²) in [6.45, 7) is 5.11. The average Bonchev–Trinajstić information content (AvgIpc) is 3.14. The average molecular weight is 277 g/mol. The molecule has 20 heavy (non-hydrogen) atoms. The zero-order valence-electron chi connectivity index (χ0n) is 12.2. The molecule has 1 aromatic rings. The zero-order chi connectivity index (χ0) is 14.3. The molecule has 5 heteroatoms. The third-order valence-electron chi connectivity index (χ3n) is 5.05. The van der Waals surface area contributed by atoms with Gasteiger partial charge in [0.2, 0.25) is 0 Å². The fourth-order valence-corrected chi connectivity index (χ4v) is 3.69. The highest BCUT2D eigenvalue weighted by Gasteiger charge is 2.49. The number of carboxylic acid groups (broad SMARTS) is 1. The summed E-state index contributed by atoms with van der Waals surface area (Å²) in [5.74, 6) is -0.808. The van der Waals surface area contributed by atoms with E-state index < -0.39 is 5.97 Å². The molecule has 2 aliphatic heterocycles. The predicted octanol–water partition coefficient (Wildman–Crippen LogP) is 2.29. The Bertz CT molecular complexity index is 499. The van der Waals surface area contributed by atoms with Gasteiger partial charge >= 0.3 is 5.97 Å². The molecule has 1 aromatic heterocycles. The van der Waals surface area contributed by atoms with Crippen LogP contribution in [0.1, 0.15) is 51.3 Å². The van der Waals surface area contributed by atoms with Crippen molar-refractivity contribution in [2.24, 2.45) is 5.92 Å². The Labute approximate surface area is 119 Å². The minimum absolute atomic E-state index is 0.176. The molecule has 0 spiro atoms. The molecule has 0 amide bonds. The Balaban J connectivity index is 1.69. The second kappa shape index (κ2) is 5.20. The van der Waals surface area contributed by atoms with Gasteiger partial charge in [-0.15, -0.1) is 0 Å². The lowest BCUT2D eigenvalue weighted by Crippen LogP contribution is -2.32. The first-order valence-corrected chi connectivity index (χ1v) is 7.62. The molecule has 0 radical (unpaired) electrons. The standard InChI is InChI=1S/C15H23N3O2/c1-3-10(2)18-7-6-11(16-18)9-17-12-4-5-14(17)13(8-12)15(19)20/h6-7,10,12-14H,3-5,8-9H2,1-2H3,(H,19,20). The van der Waals surface area contributed by atoms with Crippen LogP contribution in [0.3, 0.4) is 0 Å². The Morgan fingerprint density at radius 3 is 3.00 bits per heavy atom. The molecule has 2 fully saturated rings. The van der Waals surface area contributed by atoms with E-state index in [0.717, 1.165) is 37.9 Å². The van der Waals surface area contributed by atoms with Crippen molar-refractivity contribution < 1.29 is 9.90 Å². The van der Waals surface area contributed by atoms with Gasteiger partial charge in [-0.3, -0.25) is 14.4 Å². The number of fused-ring (bicyclic) bond motifs is 2. The van der Waals surface area contributed by atoms with E-state index in [1.165, 1.54) is 0 Å². The molecule has 5 nitrogen and oxygen atoms in total. The van der Waals surface area contributed by atoms with Crippen molar-refractivity contribution in [3.8, 4) is 0 Å². The number of carboxylic acids is 1. The lowest BCUT2D eigenvalue weighted by molar-refractivity contribution is -0.142. The molecule has 3 rings (SSSR count). The number of carbonyl (C=O) groups is 1. The first-order chi connectivity index (χ1) is 9.60. The topological polar surface area (TPSA) is 58.4 Å². The smallest absolute Gasteiger partial charge is 0.308 e. The molecular formula is C15H23N3O2. The fraction of sp³-hybridized carbons (Fsp3) is 0.733. The lowest BCUT2D eigenvalue weighted by atomic mass is 9.89. The summed E-state index contributed by atoms with van der Waals surface area (Å²) < 4.78 is 2.02. The van der Waals surface area contributed by atoms with Crippen molar-refractivity contribution in [3.63, 3.8) is 0 Å². The van der Waals surface area contributed by atoms with Gasteiger partial charge in [-0.1, -0.05) is 6.92 Å². The maximum atomic E-state index is 11.3. The van der Waals surface area contributed by atoms with Crippen molar-refractivity contribution in [3.05, 3.63) is 18.0 Å². The highest BCUT2D eigenvalue weighted by molar-refractivity contribution is 5.71. The van der Waals surface area contributed by atoms with Crippen LogP contribution in [0, 0.1) is 5.92 Å². The molecule has 2 saturated heterocycles. The summed E-state index contributed by atoms with van der Waals surface area (Å²) >= 11 is 0. The monoisotopic (exact) mass is 277 g/mol. The van der Waals surface area contributed by atoms with Gasteiger partial charge in [0.25, 0.3) is 0 Å². The summed E-state index contributed by atoms with van der Waals surface area (Å²) in [7, 11) is 0. The van der Waals surface area contributed by atoms with Crippen LogP contribution in [0.5, 0.6) is 0 Å². The number of hydrogen-bond acceptors (Lipinski definition) is 3. The number of aromatic nitrogens is 2. The van der Waals surface area contributed by atoms with Crippen LogP contribution < -0.4 is 0 Å². The molecular weight excluding hydrogens is 254 g/mol. The molecule has 1 N–H and O–H groups in total. The second-order valence-corrected chi connectivity index (χ2v) is 6.20. The summed E-state index contributed by atoms with van der Waals surface area (Å²) in [5, 5.41) is 13.9. The van der Waals surface area contributed by atoms with Crippen LogP contribution in [0.15, 0.2) is 12.3 Å². The highest BCUT2D eigenvalue weighted by atomic mass is 16.4. The van der Waals surface area contributed by atoms with E-state index in [1.807, 2.05) is 10.9 Å². The first kappa shape index (κ1) is 13.6. The van der Waals surface area contributed by atoms with E-state index in [-0.39, 0.29) is 12.0 Å². The Morgan fingerprint density at radius 1 is 1.55 bits per heavy atom.